The normalized spacial score (nSPS) is 22.1. The second kappa shape index (κ2) is 7.49. The van der Waals surface area contributed by atoms with Gasteiger partial charge in [0.15, 0.2) is 0 Å². The van der Waals surface area contributed by atoms with Crippen LogP contribution in [0.25, 0.3) is 0 Å². The molecule has 2 atom stereocenters. The van der Waals surface area contributed by atoms with E-state index >= 15 is 0 Å². The third kappa shape index (κ3) is 5.38. The van der Waals surface area contributed by atoms with Gasteiger partial charge in [0.2, 0.25) is 0 Å². The number of allylic oxidation sites excluding steroid dienone is 2. The first kappa shape index (κ1) is 16.8. The fraction of sp³-hybridized carbons (Fsp3) is 0.556. The van der Waals surface area contributed by atoms with Crippen molar-refractivity contribution in [1.82, 2.24) is 5.32 Å². The molecular weight excluding hydrogens is 244 g/mol. The Labute approximate surface area is 124 Å². The van der Waals surface area contributed by atoms with Gasteiger partial charge < -0.3 is 11.1 Å². The van der Waals surface area contributed by atoms with E-state index in [0.29, 0.717) is 11.8 Å². The van der Waals surface area contributed by atoms with Crippen molar-refractivity contribution in [3.63, 3.8) is 0 Å². The molecule has 0 saturated carbocycles. The van der Waals surface area contributed by atoms with E-state index in [1.54, 1.807) is 0 Å². The first-order chi connectivity index (χ1) is 9.29. The number of nitrogens with two attached hydrogens (primary N) is 1. The lowest BCUT2D eigenvalue weighted by atomic mass is 9.84. The van der Waals surface area contributed by atoms with Crippen molar-refractivity contribution in [2.24, 2.45) is 23.5 Å². The van der Waals surface area contributed by atoms with E-state index in [2.05, 4.69) is 64.4 Å². The van der Waals surface area contributed by atoms with Crippen LogP contribution in [0.5, 0.6) is 0 Å². The average Bonchev–Trinajstić information content (AvgIpc) is 2.29. The summed E-state index contributed by atoms with van der Waals surface area (Å²) in [6, 6.07) is 0.0326. The summed E-state index contributed by atoms with van der Waals surface area (Å²) < 4.78 is 0. The highest BCUT2D eigenvalue weighted by molar-refractivity contribution is 5.33. The van der Waals surface area contributed by atoms with Crippen molar-refractivity contribution in [3.05, 3.63) is 48.4 Å². The summed E-state index contributed by atoms with van der Waals surface area (Å²) in [4.78, 5) is 0. The van der Waals surface area contributed by atoms with Crippen LogP contribution in [-0.2, 0) is 0 Å². The summed E-state index contributed by atoms with van der Waals surface area (Å²) in [5.41, 5.74) is 9.55. The zero-order chi connectivity index (χ0) is 15.3. The van der Waals surface area contributed by atoms with Crippen molar-refractivity contribution in [1.29, 1.82) is 0 Å². The molecule has 0 radical (unpaired) electrons. The lowest BCUT2D eigenvalue weighted by Gasteiger charge is -2.27. The highest BCUT2D eigenvalue weighted by atomic mass is 14.9. The van der Waals surface area contributed by atoms with Crippen molar-refractivity contribution in [3.8, 4) is 0 Å². The van der Waals surface area contributed by atoms with E-state index in [4.69, 9.17) is 5.73 Å². The summed E-state index contributed by atoms with van der Waals surface area (Å²) in [6.45, 7) is 17.1. The Morgan fingerprint density at radius 1 is 1.20 bits per heavy atom. The predicted molar refractivity (Wildman–Crippen MR) is 89.0 cm³/mol. The van der Waals surface area contributed by atoms with Crippen LogP contribution in [-0.4, -0.2) is 6.04 Å². The number of nitrogens with one attached hydrogen (secondary N) is 1. The maximum Gasteiger partial charge on any atom is 0.0345 e. The van der Waals surface area contributed by atoms with Crippen LogP contribution in [0.1, 0.15) is 40.5 Å². The molecule has 0 bridgehead atoms. The summed E-state index contributed by atoms with van der Waals surface area (Å²) in [7, 11) is 0. The molecule has 0 aliphatic heterocycles. The second-order valence-corrected chi connectivity index (χ2v) is 6.67. The zero-order valence-electron chi connectivity index (χ0n) is 13.4. The van der Waals surface area contributed by atoms with Gasteiger partial charge in [0.1, 0.15) is 0 Å². The number of hydrogen-bond acceptors (Lipinski definition) is 2. The van der Waals surface area contributed by atoms with E-state index in [0.717, 1.165) is 24.2 Å². The average molecular weight is 274 g/mol. The molecule has 0 aromatic heterocycles. The lowest BCUT2D eigenvalue weighted by Crippen LogP contribution is -2.32. The highest BCUT2D eigenvalue weighted by Crippen LogP contribution is 2.26. The molecule has 3 N–H and O–H groups in total. The second-order valence-electron chi connectivity index (χ2n) is 6.67. The summed E-state index contributed by atoms with van der Waals surface area (Å²) in [6.07, 6.45) is 8.30. The molecule has 0 amide bonds. The lowest BCUT2D eigenvalue weighted by molar-refractivity contribution is 0.554. The van der Waals surface area contributed by atoms with E-state index < -0.39 is 0 Å². The van der Waals surface area contributed by atoms with Gasteiger partial charge in [0.05, 0.1) is 0 Å². The molecule has 1 rings (SSSR count). The van der Waals surface area contributed by atoms with Crippen LogP contribution in [0.2, 0.25) is 0 Å². The largest absolute Gasteiger partial charge is 0.360 e. The first-order valence-corrected chi connectivity index (χ1v) is 7.57. The van der Waals surface area contributed by atoms with Gasteiger partial charge in [0, 0.05) is 23.4 Å². The molecule has 0 fully saturated rings. The smallest absolute Gasteiger partial charge is 0.0345 e. The third-order valence-corrected chi connectivity index (χ3v) is 3.39. The van der Waals surface area contributed by atoms with E-state index in [1.807, 2.05) is 0 Å². The van der Waals surface area contributed by atoms with Crippen molar-refractivity contribution >= 4 is 0 Å². The van der Waals surface area contributed by atoms with Crippen LogP contribution in [0.15, 0.2) is 48.4 Å². The van der Waals surface area contributed by atoms with Crippen molar-refractivity contribution < 1.29 is 0 Å². The Bertz CT molecular complexity index is 413. The Morgan fingerprint density at radius 3 is 2.35 bits per heavy atom. The van der Waals surface area contributed by atoms with Crippen LogP contribution >= 0.6 is 0 Å². The van der Waals surface area contributed by atoms with Gasteiger partial charge in [-0.3, -0.25) is 0 Å². The topological polar surface area (TPSA) is 38.0 Å². The van der Waals surface area contributed by atoms with Crippen molar-refractivity contribution in [2.75, 3.05) is 0 Å². The molecule has 2 nitrogen and oxygen atoms in total. The maximum absolute atomic E-state index is 6.19. The van der Waals surface area contributed by atoms with Gasteiger partial charge in [-0.2, -0.15) is 0 Å². The fourth-order valence-corrected chi connectivity index (χ4v) is 2.58. The number of hydrogen-bond donors (Lipinski definition) is 2. The Hall–Kier alpha value is -1.28. The molecule has 0 saturated heterocycles. The SMILES string of the molecule is C=C(CC(C)C)NC1=CC(C(=C)CC(C)C)C(N)C=C1. The Morgan fingerprint density at radius 2 is 1.80 bits per heavy atom. The maximum atomic E-state index is 6.19. The van der Waals surface area contributed by atoms with Gasteiger partial charge in [-0.05, 0) is 30.8 Å². The Kier molecular flexibility index (Phi) is 6.28. The molecule has 112 valence electrons. The van der Waals surface area contributed by atoms with Crippen molar-refractivity contribution in [2.45, 2.75) is 46.6 Å². The minimum atomic E-state index is 0.0326. The summed E-state index contributed by atoms with van der Waals surface area (Å²) in [5, 5.41) is 3.39. The van der Waals surface area contributed by atoms with Crippen LogP contribution in [0, 0.1) is 17.8 Å². The molecule has 0 aromatic carbocycles. The molecule has 1 aliphatic carbocycles. The molecule has 0 heterocycles. The molecule has 0 aromatic rings. The summed E-state index contributed by atoms with van der Waals surface area (Å²) in [5.74, 6) is 1.44. The highest BCUT2D eigenvalue weighted by Gasteiger charge is 2.21. The monoisotopic (exact) mass is 274 g/mol. The molecule has 1 aliphatic rings. The standard InChI is InChI=1S/C18H30N2/c1-12(2)9-14(5)17-11-16(7-8-18(17)19)20-15(6)10-13(3)4/h7-8,11-13,17-18,20H,5-6,9-10,19H2,1-4H3. The minimum Gasteiger partial charge on any atom is -0.360 e. The summed E-state index contributed by atoms with van der Waals surface area (Å²) >= 11 is 0. The minimum absolute atomic E-state index is 0.0326. The van der Waals surface area contributed by atoms with E-state index in [1.165, 1.54) is 5.57 Å². The zero-order valence-corrected chi connectivity index (χ0v) is 13.4. The quantitative estimate of drug-likeness (QED) is 0.685. The van der Waals surface area contributed by atoms with Crippen LogP contribution < -0.4 is 11.1 Å². The van der Waals surface area contributed by atoms with Gasteiger partial charge in [-0.25, -0.2) is 0 Å². The molecule has 20 heavy (non-hydrogen) atoms. The fourth-order valence-electron chi connectivity index (χ4n) is 2.58. The Balaban J connectivity index is 2.70. The van der Waals surface area contributed by atoms with Gasteiger partial charge in [-0.1, -0.05) is 58.6 Å². The van der Waals surface area contributed by atoms with Gasteiger partial charge in [0.25, 0.3) is 0 Å². The van der Waals surface area contributed by atoms with Crippen LogP contribution in [0.3, 0.4) is 0 Å². The first-order valence-electron chi connectivity index (χ1n) is 7.57. The van der Waals surface area contributed by atoms with Gasteiger partial charge in [-0.15, -0.1) is 0 Å². The third-order valence-electron chi connectivity index (χ3n) is 3.39. The predicted octanol–water partition coefficient (Wildman–Crippen LogP) is 4.14. The van der Waals surface area contributed by atoms with E-state index in [9.17, 15) is 0 Å². The molecule has 2 heteroatoms. The number of rotatable bonds is 7. The molecule has 0 spiro atoms. The molecule has 2 unspecified atom stereocenters. The molecular formula is C18H30N2. The van der Waals surface area contributed by atoms with E-state index in [-0.39, 0.29) is 12.0 Å². The van der Waals surface area contributed by atoms with Crippen LogP contribution in [0.4, 0.5) is 0 Å². The van der Waals surface area contributed by atoms with Gasteiger partial charge >= 0.3 is 0 Å².